The molecule has 2 aromatic heterocycles. The molecule has 0 unspecified atom stereocenters. The third-order valence-electron chi connectivity index (χ3n) is 25.1. The molecule has 34 heteroatoms. The number of aromatic nitrogens is 2. The van der Waals surface area contributed by atoms with Crippen LogP contribution in [0.15, 0.2) is 85.2 Å². The fourth-order valence-electron chi connectivity index (χ4n) is 16.9. The summed E-state index contributed by atoms with van der Waals surface area (Å²) in [5, 5.41) is 2.75. The van der Waals surface area contributed by atoms with Crippen LogP contribution in [0.3, 0.4) is 0 Å². The van der Waals surface area contributed by atoms with Crippen molar-refractivity contribution in [1.82, 2.24) is 29.2 Å². The summed E-state index contributed by atoms with van der Waals surface area (Å²) in [6, 6.07) is 11.8. The summed E-state index contributed by atoms with van der Waals surface area (Å²) >= 11 is 0. The molecule has 4 aliphatic carbocycles. The maximum absolute atomic E-state index is 14.8. The maximum atomic E-state index is 14.8. The Kier molecular flexibility index (Phi) is 26.7. The van der Waals surface area contributed by atoms with Crippen LogP contribution in [0.2, 0.25) is 0 Å². The second-order valence-corrected chi connectivity index (χ2v) is 38.9. The summed E-state index contributed by atoms with van der Waals surface area (Å²) < 4.78 is 198. The number of nitrogens with one attached hydrogen (secondary N) is 2. The standard InChI is InChI=1S/2C42H53F4N3O9S/c2*1-6-56-29-11-12-31-27(18-29)13-16-47-36(31)57-30-19-33-34(50)22-41(38(53)48-59(54,55)40(24-43)14-15-40)21-28(41)10-8-7-9-25(2)17-26(3)32(37(52)49(33)23-30)20-35(51)58-39(4,5)42(44,45)46/h2*8,10-13,16,18,25-26,28,30,32-33H,6-7,9,14-15,17,19-24H2,1-5H3,(H,48,53)/b2*10-8-/t25-,26+,28+,30+,32-,33-,41+;25-,26-,28-,30-,32+,33+,41-/m01/s1. The van der Waals surface area contributed by atoms with Gasteiger partial charge in [0.05, 0.1) is 73.9 Å². The van der Waals surface area contributed by atoms with E-state index in [1.54, 1.807) is 62.4 Å². The number of benzene rings is 2. The van der Waals surface area contributed by atoms with Crippen LogP contribution in [0.4, 0.5) is 35.1 Å². The average molecular weight is 1700 g/mol. The van der Waals surface area contributed by atoms with Crippen LogP contribution in [-0.4, -0.2) is 181 Å². The van der Waals surface area contributed by atoms with E-state index in [-0.39, 0.29) is 88.1 Å². The second kappa shape index (κ2) is 34.9. The molecule has 24 nitrogen and oxygen atoms in total. The molecule has 14 atom stereocenters. The normalized spacial score (nSPS) is 29.3. The average Bonchev–Trinajstić information content (AvgIpc) is 1.56. The van der Waals surface area contributed by atoms with E-state index < -0.39 is 210 Å². The van der Waals surface area contributed by atoms with Crippen LogP contribution in [0, 0.1) is 58.2 Å². The zero-order chi connectivity index (χ0) is 86.3. The molecule has 4 saturated carbocycles. The number of nitrogens with zero attached hydrogens (tertiary/aromatic N) is 4. The molecule has 2 N–H and O–H groups in total. The molecule has 648 valence electrons. The molecule has 118 heavy (non-hydrogen) atoms. The Hall–Kier alpha value is -8.56. The summed E-state index contributed by atoms with van der Waals surface area (Å²) in [6.07, 6.45) is 0.208. The fourth-order valence-corrected chi connectivity index (χ4v) is 19.8. The Morgan fingerprint density at radius 3 is 1.24 bits per heavy atom. The number of pyridine rings is 2. The molecular formula is C84H106F8N6O18S2. The van der Waals surface area contributed by atoms with E-state index in [1.165, 1.54) is 22.2 Å². The van der Waals surface area contributed by atoms with E-state index in [0.29, 0.717) is 74.0 Å². The van der Waals surface area contributed by atoms with Crippen molar-refractivity contribution < 1.29 is 119 Å². The lowest BCUT2D eigenvalue weighted by Crippen LogP contribution is -2.49. The smallest absolute Gasteiger partial charge is 0.427 e. The van der Waals surface area contributed by atoms with E-state index in [0.717, 1.165) is 38.5 Å². The highest BCUT2D eigenvalue weighted by Crippen LogP contribution is 2.60. The van der Waals surface area contributed by atoms with Crippen molar-refractivity contribution in [2.45, 2.75) is 242 Å². The van der Waals surface area contributed by atoms with Gasteiger partial charge in [-0.1, -0.05) is 52.0 Å². The van der Waals surface area contributed by atoms with Gasteiger partial charge in [-0.3, -0.25) is 47.8 Å². The molecule has 6 fully saturated rings. The number of ether oxygens (including phenoxy) is 6. The number of halogens is 8. The molecule has 0 radical (unpaired) electrons. The van der Waals surface area contributed by atoms with E-state index in [1.807, 2.05) is 52.0 Å². The summed E-state index contributed by atoms with van der Waals surface area (Å²) in [5.41, 5.74) is -8.66. The first-order valence-electron chi connectivity index (χ1n) is 40.5. The SMILES string of the molecule is CCOc1ccc2c(O[C@@H]3C[C@H]4C(=O)C[C@]5(C(=O)NS(=O)(=O)C6(CF)CC6)C[C@H]5/C=C\CC[C@@H](C)C[C@@H](C)[C@H](CC(=O)OC(C)(C)C(F)(F)F)C(=O)N4C3)nccc2c1.CCOc1ccc2c(O[C@@H]3C[C@H]4C(=O)C[C@]5(C(=O)NS(=O)(=O)C6(CF)CC6)C[C@H]5/C=C\CC[C@H](C)C[C@@H](C)[C@H](CC(=O)OC(C)(C)C(F)(F)F)C(=O)N4C3)nccc2c1. The van der Waals surface area contributed by atoms with Crippen molar-refractivity contribution in [3.05, 3.63) is 85.2 Å². The number of Topliss-reactive ketones (excluding diaryl/α,β-unsaturated/α-hetero) is 2. The number of alkyl halides is 8. The van der Waals surface area contributed by atoms with Gasteiger partial charge in [0.25, 0.3) is 0 Å². The number of hydrogen-bond donors (Lipinski definition) is 2. The van der Waals surface area contributed by atoms with Gasteiger partial charge in [0.1, 0.15) is 46.6 Å². The van der Waals surface area contributed by atoms with E-state index in [9.17, 15) is 90.3 Å². The lowest BCUT2D eigenvalue weighted by atomic mass is 9.82. The van der Waals surface area contributed by atoms with Crippen LogP contribution >= 0.6 is 0 Å². The zero-order valence-corrected chi connectivity index (χ0v) is 69.6. The lowest BCUT2D eigenvalue weighted by Gasteiger charge is -2.33. The topological polar surface area (TPSA) is 317 Å². The van der Waals surface area contributed by atoms with Gasteiger partial charge in [-0.05, 0) is 213 Å². The fraction of sp³-hybridized carbons (Fsp3) is 0.643. The van der Waals surface area contributed by atoms with E-state index >= 15 is 0 Å². The van der Waals surface area contributed by atoms with Crippen LogP contribution in [0.1, 0.15) is 185 Å². The van der Waals surface area contributed by atoms with Crippen LogP contribution in [0.5, 0.6) is 23.3 Å². The van der Waals surface area contributed by atoms with Crippen molar-refractivity contribution in [1.29, 1.82) is 0 Å². The number of carbonyl (C=O) groups excluding carboxylic acids is 8. The summed E-state index contributed by atoms with van der Waals surface area (Å²) in [7, 11) is -8.83. The summed E-state index contributed by atoms with van der Waals surface area (Å²) in [4.78, 5) is 125. The van der Waals surface area contributed by atoms with Gasteiger partial charge in [0.2, 0.25) is 66.6 Å². The Bertz CT molecular complexity index is 4470. The molecule has 4 aliphatic heterocycles. The minimum atomic E-state index is -4.88. The van der Waals surface area contributed by atoms with Gasteiger partial charge in [-0.2, -0.15) is 26.3 Å². The first-order valence-corrected chi connectivity index (χ1v) is 43.5. The molecule has 2 aromatic carbocycles. The number of ketones is 2. The number of hydrogen-bond acceptors (Lipinski definition) is 20. The van der Waals surface area contributed by atoms with Gasteiger partial charge in [0.15, 0.2) is 11.6 Å². The van der Waals surface area contributed by atoms with Gasteiger partial charge < -0.3 is 38.2 Å². The number of allylic oxidation sites excluding steroid dienone is 4. The van der Waals surface area contributed by atoms with Crippen LogP contribution in [0.25, 0.3) is 21.5 Å². The molecule has 2 saturated heterocycles. The number of sulfonamides is 2. The molecule has 6 heterocycles. The van der Waals surface area contributed by atoms with Crippen LogP contribution in [-0.2, 0) is 67.9 Å². The third-order valence-corrected chi connectivity index (χ3v) is 29.3. The predicted molar refractivity (Wildman–Crippen MR) is 417 cm³/mol. The molecule has 4 amide bonds. The van der Waals surface area contributed by atoms with E-state index in [2.05, 4.69) is 19.4 Å². The monoisotopic (exact) mass is 1700 g/mol. The summed E-state index contributed by atoms with van der Waals surface area (Å²) in [6.45, 7) is 12.2. The van der Waals surface area contributed by atoms with Gasteiger partial charge >= 0.3 is 24.3 Å². The number of amides is 4. The zero-order valence-electron chi connectivity index (χ0n) is 68.0. The van der Waals surface area contributed by atoms with Crippen molar-refractivity contribution in [2.24, 2.45) is 58.2 Å². The van der Waals surface area contributed by atoms with Gasteiger partial charge in [0, 0.05) is 48.8 Å². The predicted octanol–water partition coefficient (Wildman–Crippen LogP) is 13.6. The quantitative estimate of drug-likeness (QED) is 0.0419. The van der Waals surface area contributed by atoms with Crippen molar-refractivity contribution in [3.8, 4) is 23.3 Å². The molecule has 0 bridgehead atoms. The molecule has 4 aromatic rings. The number of carbonyl (C=O) groups is 8. The van der Waals surface area contributed by atoms with Crippen molar-refractivity contribution in [2.75, 3.05) is 39.7 Å². The van der Waals surface area contributed by atoms with Crippen molar-refractivity contribution >= 4 is 88.7 Å². The maximum Gasteiger partial charge on any atom is 0.427 e. The largest absolute Gasteiger partial charge is 0.494 e. The lowest BCUT2D eigenvalue weighted by molar-refractivity contribution is -0.257. The molecule has 0 spiro atoms. The Morgan fingerprint density at radius 1 is 0.542 bits per heavy atom. The van der Waals surface area contributed by atoms with Crippen molar-refractivity contribution in [3.63, 3.8) is 0 Å². The molecule has 12 rings (SSSR count). The van der Waals surface area contributed by atoms with Gasteiger partial charge in [-0.25, -0.2) is 35.6 Å². The Morgan fingerprint density at radius 2 is 0.907 bits per heavy atom. The highest BCUT2D eigenvalue weighted by atomic mass is 32.2. The Labute approximate surface area is 681 Å². The minimum Gasteiger partial charge on any atom is -0.494 e. The summed E-state index contributed by atoms with van der Waals surface area (Å²) in [5.74, 6) is -9.60. The highest BCUT2D eigenvalue weighted by molar-refractivity contribution is 7.92. The first-order chi connectivity index (χ1) is 55.3. The second-order valence-electron chi connectivity index (χ2n) is 34.8. The number of esters is 2. The molecule has 8 aliphatic rings. The first kappa shape index (κ1) is 90.2. The number of rotatable bonds is 22. The highest BCUT2D eigenvalue weighted by Gasteiger charge is 2.66. The third kappa shape index (κ3) is 19.6. The van der Waals surface area contributed by atoms with Gasteiger partial charge in [-0.15, -0.1) is 0 Å². The Balaban J connectivity index is 0.000000231. The minimum absolute atomic E-state index is 0.0154. The van der Waals surface area contributed by atoms with Crippen LogP contribution < -0.4 is 28.4 Å². The number of fused-ring (bicyclic) bond motifs is 6. The molecular weight excluding hydrogens is 1600 g/mol. The van der Waals surface area contributed by atoms with E-state index in [4.69, 9.17) is 28.4 Å².